The van der Waals surface area contributed by atoms with Crippen molar-refractivity contribution in [3.8, 4) is 0 Å². The summed E-state index contributed by atoms with van der Waals surface area (Å²) in [6.45, 7) is 5.33. The summed E-state index contributed by atoms with van der Waals surface area (Å²) in [7, 11) is 0. The molecule has 8 nitrogen and oxygen atoms in total. The maximum atomic E-state index is 13.2. The Balaban J connectivity index is 0.000000501. The molecule has 2 amide bonds. The zero-order chi connectivity index (χ0) is 22.6. The average molecular weight is 457 g/mol. The van der Waals surface area contributed by atoms with Crippen molar-refractivity contribution in [1.82, 2.24) is 15.2 Å². The first-order valence-electron chi connectivity index (χ1n) is 11.2. The molecule has 32 heavy (non-hydrogen) atoms. The van der Waals surface area contributed by atoms with E-state index in [2.05, 4.69) is 23.3 Å². The van der Waals surface area contributed by atoms with E-state index in [1.165, 1.54) is 18.4 Å². The first-order valence-corrected chi connectivity index (χ1v) is 12.0. The molecule has 2 aromatic rings. The molecule has 4 aliphatic heterocycles. The van der Waals surface area contributed by atoms with Crippen LogP contribution in [0, 0.1) is 24.7 Å². The highest BCUT2D eigenvalue weighted by atomic mass is 32.1. The van der Waals surface area contributed by atoms with Crippen molar-refractivity contribution in [1.29, 1.82) is 0 Å². The number of benzene rings is 1. The predicted molar refractivity (Wildman–Crippen MR) is 122 cm³/mol. The summed E-state index contributed by atoms with van der Waals surface area (Å²) < 4.78 is 1.09. The van der Waals surface area contributed by atoms with Crippen LogP contribution in [0.2, 0.25) is 0 Å². The Morgan fingerprint density at radius 2 is 1.81 bits per heavy atom. The molecule has 1 unspecified atom stereocenters. The van der Waals surface area contributed by atoms with Gasteiger partial charge >= 0.3 is 0 Å². The lowest BCUT2D eigenvalue weighted by atomic mass is 9.82. The number of anilines is 1. The third-order valence-corrected chi connectivity index (χ3v) is 8.25. The van der Waals surface area contributed by atoms with Crippen LogP contribution in [0.15, 0.2) is 18.2 Å². The summed E-state index contributed by atoms with van der Waals surface area (Å²) in [5, 5.41) is 11.8. The number of rotatable bonds is 2. The number of hydrogen-bond acceptors (Lipinski definition) is 6. The van der Waals surface area contributed by atoms with Gasteiger partial charge in [-0.3, -0.25) is 19.3 Å². The number of fused-ring (bicyclic) bond motifs is 6. The fourth-order valence-corrected chi connectivity index (χ4v) is 6.90. The summed E-state index contributed by atoms with van der Waals surface area (Å²) in [5.41, 5.74) is 2.11. The highest BCUT2D eigenvalue weighted by molar-refractivity contribution is 7.22. The van der Waals surface area contributed by atoms with Crippen molar-refractivity contribution < 1.29 is 19.5 Å². The molecular formula is C23H28N4O4S. The lowest BCUT2D eigenvalue weighted by Gasteiger charge is -2.22. The third kappa shape index (κ3) is 3.77. The van der Waals surface area contributed by atoms with E-state index in [0.717, 1.165) is 35.4 Å². The number of nitrogens with one attached hydrogen (secondary N) is 1. The zero-order valence-corrected chi connectivity index (χ0v) is 19.1. The minimum atomic E-state index is -0.833. The summed E-state index contributed by atoms with van der Waals surface area (Å²) in [6.07, 6.45) is 2.81. The number of aliphatic carboxylic acids is 1. The topological polar surface area (TPSA) is 103 Å². The van der Waals surface area contributed by atoms with Crippen LogP contribution in [0.1, 0.15) is 31.7 Å². The van der Waals surface area contributed by atoms with Gasteiger partial charge in [-0.2, -0.15) is 0 Å². The number of thiazole rings is 1. The summed E-state index contributed by atoms with van der Waals surface area (Å²) >= 11 is 1.54. The van der Waals surface area contributed by atoms with Gasteiger partial charge in [0.25, 0.3) is 5.97 Å². The zero-order valence-electron chi connectivity index (χ0n) is 18.3. The van der Waals surface area contributed by atoms with Crippen molar-refractivity contribution in [3.05, 3.63) is 23.8 Å². The SMILES string of the molecule is CC(=O)O.Cc1ccc2nc(N3CC(C(=O)N4C[C@@H]5[C@H](C4)[C@@H]4CC[C@H]5N4)CC3=O)sc2c1. The lowest BCUT2D eigenvalue weighted by Crippen LogP contribution is -2.39. The maximum absolute atomic E-state index is 13.2. The lowest BCUT2D eigenvalue weighted by molar-refractivity contribution is -0.135. The molecule has 0 aliphatic carbocycles. The Hall–Kier alpha value is -2.52. The van der Waals surface area contributed by atoms with Crippen LogP contribution in [0.5, 0.6) is 0 Å². The van der Waals surface area contributed by atoms with Gasteiger partial charge in [0.05, 0.1) is 16.1 Å². The first kappa shape index (κ1) is 21.3. The molecule has 2 N–H and O–H groups in total. The molecule has 0 radical (unpaired) electrons. The molecule has 4 saturated heterocycles. The Morgan fingerprint density at radius 3 is 2.47 bits per heavy atom. The third-order valence-electron chi connectivity index (χ3n) is 7.21. The summed E-state index contributed by atoms with van der Waals surface area (Å²) in [5.74, 6) is 0.356. The number of carboxylic acid groups (broad SMARTS) is 1. The van der Waals surface area contributed by atoms with Gasteiger partial charge in [-0.1, -0.05) is 17.4 Å². The average Bonchev–Trinajstić information content (AvgIpc) is 3.51. The fraction of sp³-hybridized carbons (Fsp3) is 0.565. The van der Waals surface area contributed by atoms with Gasteiger partial charge in [0, 0.05) is 45.1 Å². The fourth-order valence-electron chi connectivity index (χ4n) is 5.81. The van der Waals surface area contributed by atoms with Crippen LogP contribution in [-0.4, -0.2) is 64.5 Å². The van der Waals surface area contributed by atoms with Crippen LogP contribution in [0.4, 0.5) is 5.13 Å². The molecule has 1 aromatic carbocycles. The molecule has 4 fully saturated rings. The van der Waals surface area contributed by atoms with Crippen LogP contribution < -0.4 is 10.2 Å². The molecule has 4 aliphatic rings. The molecule has 5 atom stereocenters. The Labute approximate surface area is 190 Å². The van der Waals surface area contributed by atoms with Crippen LogP contribution >= 0.6 is 11.3 Å². The minimum Gasteiger partial charge on any atom is -0.481 e. The van der Waals surface area contributed by atoms with E-state index in [1.54, 1.807) is 16.2 Å². The van der Waals surface area contributed by atoms with E-state index in [4.69, 9.17) is 9.90 Å². The normalized spacial score (nSPS) is 30.6. The predicted octanol–water partition coefficient (Wildman–Crippen LogP) is 2.26. The first-order chi connectivity index (χ1) is 15.3. The molecule has 9 heteroatoms. The van der Waals surface area contributed by atoms with E-state index >= 15 is 0 Å². The van der Waals surface area contributed by atoms with Crippen LogP contribution in [0.3, 0.4) is 0 Å². The Kier molecular flexibility index (Phi) is 5.41. The van der Waals surface area contributed by atoms with Gasteiger partial charge in [-0.05, 0) is 49.3 Å². The Bertz CT molecular complexity index is 1060. The maximum Gasteiger partial charge on any atom is 0.300 e. The molecule has 0 saturated carbocycles. The second-order valence-corrected chi connectivity index (χ2v) is 10.4. The van der Waals surface area contributed by atoms with E-state index in [9.17, 15) is 9.59 Å². The Morgan fingerprint density at radius 1 is 1.16 bits per heavy atom. The van der Waals surface area contributed by atoms with Gasteiger partial charge in [0.15, 0.2) is 5.13 Å². The van der Waals surface area contributed by atoms with Crippen LogP contribution in [0.25, 0.3) is 10.2 Å². The van der Waals surface area contributed by atoms with Crippen molar-refractivity contribution in [2.75, 3.05) is 24.5 Å². The quantitative estimate of drug-likeness (QED) is 0.719. The van der Waals surface area contributed by atoms with Gasteiger partial charge in [-0.15, -0.1) is 0 Å². The molecule has 6 rings (SSSR count). The monoisotopic (exact) mass is 456 g/mol. The second kappa shape index (κ2) is 8.12. The number of likely N-dealkylation sites (tertiary alicyclic amines) is 1. The molecule has 0 spiro atoms. The number of carboxylic acids is 1. The van der Waals surface area contributed by atoms with E-state index in [1.807, 2.05) is 17.0 Å². The molecule has 5 heterocycles. The molecule has 170 valence electrons. The number of aromatic nitrogens is 1. The van der Waals surface area contributed by atoms with E-state index in [-0.39, 0.29) is 17.7 Å². The van der Waals surface area contributed by atoms with Gasteiger partial charge in [-0.25, -0.2) is 4.98 Å². The van der Waals surface area contributed by atoms with Crippen molar-refractivity contribution in [2.24, 2.45) is 17.8 Å². The van der Waals surface area contributed by atoms with Gasteiger partial charge in [0.2, 0.25) is 11.8 Å². The van der Waals surface area contributed by atoms with Crippen molar-refractivity contribution in [3.63, 3.8) is 0 Å². The van der Waals surface area contributed by atoms with Gasteiger partial charge < -0.3 is 15.3 Å². The van der Waals surface area contributed by atoms with E-state index < -0.39 is 5.97 Å². The highest BCUT2D eigenvalue weighted by Gasteiger charge is 2.53. The number of carbonyl (C=O) groups excluding carboxylic acids is 2. The molecule has 1 aromatic heterocycles. The second-order valence-electron chi connectivity index (χ2n) is 9.42. The van der Waals surface area contributed by atoms with Gasteiger partial charge in [0.1, 0.15) is 0 Å². The summed E-state index contributed by atoms with van der Waals surface area (Å²) in [4.78, 5) is 43.2. The number of aryl methyl sites for hydroxylation is 1. The number of amides is 2. The standard InChI is InChI=1S/C21H24N4O2S.C2H4O2/c1-11-2-3-17-18(6-11)28-21(23-17)25-8-12(7-19(25)26)20(27)24-9-13-14(10-24)16-5-4-15(13)22-16;1-2(3)4/h2-3,6,12-16,22H,4-5,7-10H2,1H3;1H3,(H,3,4)/t12?,13-,14+,15-,16+;. The van der Waals surface area contributed by atoms with Crippen LogP contribution in [-0.2, 0) is 14.4 Å². The highest BCUT2D eigenvalue weighted by Crippen LogP contribution is 2.43. The largest absolute Gasteiger partial charge is 0.481 e. The number of hydrogen-bond donors (Lipinski definition) is 2. The van der Waals surface area contributed by atoms with Crippen molar-refractivity contribution in [2.45, 2.75) is 45.2 Å². The molecule has 2 bridgehead atoms. The molecular weight excluding hydrogens is 428 g/mol. The number of carbonyl (C=O) groups is 3. The number of nitrogens with zero attached hydrogens (tertiary/aromatic N) is 3. The minimum absolute atomic E-state index is 0.0234. The smallest absolute Gasteiger partial charge is 0.300 e. The van der Waals surface area contributed by atoms with Crippen molar-refractivity contribution >= 4 is 44.5 Å². The van der Waals surface area contributed by atoms with E-state index in [0.29, 0.717) is 36.9 Å². The summed E-state index contributed by atoms with van der Waals surface area (Å²) in [6, 6.07) is 7.34.